The molecule has 1 N–H and O–H groups in total. The molecule has 16 heavy (non-hydrogen) atoms. The summed E-state index contributed by atoms with van der Waals surface area (Å²) in [6.45, 7) is 4.36. The van der Waals surface area contributed by atoms with Crippen molar-refractivity contribution in [3.8, 4) is 0 Å². The van der Waals surface area contributed by atoms with E-state index in [4.69, 9.17) is 5.11 Å². The lowest BCUT2D eigenvalue weighted by atomic mass is 10.1. The molecule has 0 radical (unpaired) electrons. The van der Waals surface area contributed by atoms with Gasteiger partial charge in [0.05, 0.1) is 6.54 Å². The van der Waals surface area contributed by atoms with Crippen molar-refractivity contribution < 1.29 is 9.90 Å². The van der Waals surface area contributed by atoms with Gasteiger partial charge in [-0.15, -0.1) is 11.3 Å². The standard InChI is InChI=1S/C12H17NO2S/c1-8-5-6-16-12(8)9(2)13(7-11(14)15)10-3-4-10/h5-6,9-10H,3-4,7H2,1-2H3,(H,14,15). The molecule has 3 nitrogen and oxygen atoms in total. The molecule has 1 heterocycles. The minimum atomic E-state index is -0.729. The highest BCUT2D eigenvalue weighted by Crippen LogP contribution is 2.36. The number of aryl methyl sites for hydroxylation is 1. The van der Waals surface area contributed by atoms with Gasteiger partial charge in [-0.2, -0.15) is 0 Å². The molecule has 0 aliphatic heterocycles. The molecular formula is C12H17NO2S. The Labute approximate surface area is 99.7 Å². The van der Waals surface area contributed by atoms with E-state index in [-0.39, 0.29) is 12.6 Å². The first kappa shape index (κ1) is 11.6. The Morgan fingerprint density at radius 2 is 2.38 bits per heavy atom. The summed E-state index contributed by atoms with van der Waals surface area (Å²) in [4.78, 5) is 14.3. The average Bonchev–Trinajstić information content (AvgIpc) is 2.97. The lowest BCUT2D eigenvalue weighted by Gasteiger charge is -2.27. The summed E-state index contributed by atoms with van der Waals surface area (Å²) >= 11 is 1.72. The number of nitrogens with zero attached hydrogens (tertiary/aromatic N) is 1. The van der Waals surface area contributed by atoms with E-state index in [1.54, 1.807) is 11.3 Å². The monoisotopic (exact) mass is 239 g/mol. The van der Waals surface area contributed by atoms with E-state index in [0.717, 1.165) is 12.8 Å². The second-order valence-corrected chi connectivity index (χ2v) is 5.39. The van der Waals surface area contributed by atoms with Crippen molar-refractivity contribution >= 4 is 17.3 Å². The third kappa shape index (κ3) is 2.44. The normalized spacial score (nSPS) is 17.7. The van der Waals surface area contributed by atoms with Crippen LogP contribution >= 0.6 is 11.3 Å². The van der Waals surface area contributed by atoms with Gasteiger partial charge in [-0.3, -0.25) is 9.69 Å². The Morgan fingerprint density at radius 3 is 2.81 bits per heavy atom. The van der Waals surface area contributed by atoms with Crippen LogP contribution in [-0.2, 0) is 4.79 Å². The zero-order chi connectivity index (χ0) is 11.7. The van der Waals surface area contributed by atoms with Gasteiger partial charge in [0.25, 0.3) is 0 Å². The molecule has 1 aliphatic carbocycles. The Hall–Kier alpha value is -0.870. The molecule has 0 spiro atoms. The van der Waals surface area contributed by atoms with Gasteiger partial charge in [-0.25, -0.2) is 0 Å². The highest BCUT2D eigenvalue weighted by Gasteiger charge is 2.34. The van der Waals surface area contributed by atoms with E-state index in [9.17, 15) is 4.79 Å². The molecule has 1 fully saturated rings. The van der Waals surface area contributed by atoms with Crippen LogP contribution in [0.4, 0.5) is 0 Å². The SMILES string of the molecule is Cc1ccsc1C(C)N(CC(=O)O)C1CC1. The summed E-state index contributed by atoms with van der Waals surface area (Å²) in [5.41, 5.74) is 1.27. The molecule has 2 rings (SSSR count). The maximum Gasteiger partial charge on any atom is 0.317 e. The van der Waals surface area contributed by atoms with Crippen molar-refractivity contribution in [1.29, 1.82) is 0 Å². The van der Waals surface area contributed by atoms with Crippen LogP contribution in [0.1, 0.15) is 36.2 Å². The number of hydrogen-bond donors (Lipinski definition) is 1. The van der Waals surface area contributed by atoms with E-state index >= 15 is 0 Å². The highest BCUT2D eigenvalue weighted by atomic mass is 32.1. The van der Waals surface area contributed by atoms with E-state index < -0.39 is 5.97 Å². The molecule has 1 aromatic rings. The van der Waals surface area contributed by atoms with Crippen molar-refractivity contribution in [2.75, 3.05) is 6.54 Å². The van der Waals surface area contributed by atoms with Crippen molar-refractivity contribution in [3.05, 3.63) is 21.9 Å². The van der Waals surface area contributed by atoms with Gasteiger partial charge in [0, 0.05) is 17.0 Å². The highest BCUT2D eigenvalue weighted by molar-refractivity contribution is 7.10. The second-order valence-electron chi connectivity index (χ2n) is 4.44. The van der Waals surface area contributed by atoms with Gasteiger partial charge in [0.2, 0.25) is 0 Å². The van der Waals surface area contributed by atoms with Gasteiger partial charge in [-0.05, 0) is 43.7 Å². The summed E-state index contributed by atoms with van der Waals surface area (Å²) in [6, 6.07) is 2.80. The van der Waals surface area contributed by atoms with Crippen LogP contribution < -0.4 is 0 Å². The number of thiophene rings is 1. The quantitative estimate of drug-likeness (QED) is 0.858. The molecule has 0 saturated heterocycles. The van der Waals surface area contributed by atoms with Gasteiger partial charge < -0.3 is 5.11 Å². The van der Waals surface area contributed by atoms with Gasteiger partial charge >= 0.3 is 5.97 Å². The van der Waals surface area contributed by atoms with Crippen molar-refractivity contribution in [2.45, 2.75) is 38.8 Å². The lowest BCUT2D eigenvalue weighted by Crippen LogP contribution is -2.34. The number of carbonyl (C=O) groups is 1. The van der Waals surface area contributed by atoms with Gasteiger partial charge in [0.1, 0.15) is 0 Å². The van der Waals surface area contributed by atoms with Crippen LogP contribution in [0.25, 0.3) is 0 Å². The topological polar surface area (TPSA) is 40.5 Å². The minimum absolute atomic E-state index is 0.156. The Bertz CT molecular complexity index is 384. The number of hydrogen-bond acceptors (Lipinski definition) is 3. The maximum absolute atomic E-state index is 10.9. The summed E-state index contributed by atoms with van der Waals surface area (Å²) in [5.74, 6) is -0.729. The van der Waals surface area contributed by atoms with Crippen LogP contribution in [0, 0.1) is 6.92 Å². The van der Waals surface area contributed by atoms with E-state index in [2.05, 4.69) is 30.2 Å². The maximum atomic E-state index is 10.9. The molecule has 0 aromatic carbocycles. The summed E-state index contributed by atoms with van der Waals surface area (Å²) in [7, 11) is 0. The first-order chi connectivity index (χ1) is 7.59. The van der Waals surface area contributed by atoms with Crippen LogP contribution in [0.2, 0.25) is 0 Å². The summed E-state index contributed by atoms with van der Waals surface area (Å²) < 4.78 is 0. The summed E-state index contributed by atoms with van der Waals surface area (Å²) in [5, 5.41) is 11.0. The molecule has 1 atom stereocenters. The molecule has 4 heteroatoms. The Kier molecular flexibility index (Phi) is 3.30. The van der Waals surface area contributed by atoms with Crippen LogP contribution in [0.3, 0.4) is 0 Å². The van der Waals surface area contributed by atoms with Gasteiger partial charge in [0.15, 0.2) is 0 Å². The van der Waals surface area contributed by atoms with Crippen molar-refractivity contribution in [2.24, 2.45) is 0 Å². The molecule has 1 saturated carbocycles. The average molecular weight is 239 g/mol. The fourth-order valence-electron chi connectivity index (χ4n) is 2.11. The van der Waals surface area contributed by atoms with E-state index in [0.29, 0.717) is 6.04 Å². The fraction of sp³-hybridized carbons (Fsp3) is 0.583. The van der Waals surface area contributed by atoms with Crippen LogP contribution in [0.5, 0.6) is 0 Å². The first-order valence-corrected chi connectivity index (χ1v) is 6.49. The first-order valence-electron chi connectivity index (χ1n) is 5.61. The Morgan fingerprint density at radius 1 is 1.69 bits per heavy atom. The molecule has 1 aliphatic rings. The number of carboxylic acids is 1. The van der Waals surface area contributed by atoms with Crippen LogP contribution in [0.15, 0.2) is 11.4 Å². The predicted molar refractivity (Wildman–Crippen MR) is 64.8 cm³/mol. The molecule has 1 unspecified atom stereocenters. The largest absolute Gasteiger partial charge is 0.480 e. The molecule has 88 valence electrons. The second kappa shape index (κ2) is 4.55. The summed E-state index contributed by atoms with van der Waals surface area (Å²) in [6.07, 6.45) is 2.28. The third-order valence-corrected chi connectivity index (χ3v) is 4.30. The molecule has 0 bridgehead atoms. The smallest absolute Gasteiger partial charge is 0.317 e. The molecule has 0 amide bonds. The molecule has 1 aromatic heterocycles. The zero-order valence-electron chi connectivity index (χ0n) is 9.64. The minimum Gasteiger partial charge on any atom is -0.480 e. The third-order valence-electron chi connectivity index (χ3n) is 3.11. The zero-order valence-corrected chi connectivity index (χ0v) is 10.5. The Balaban J connectivity index is 2.13. The molecular weight excluding hydrogens is 222 g/mol. The van der Waals surface area contributed by atoms with Crippen molar-refractivity contribution in [3.63, 3.8) is 0 Å². The van der Waals surface area contributed by atoms with Crippen molar-refractivity contribution in [1.82, 2.24) is 4.90 Å². The number of carboxylic acid groups (broad SMARTS) is 1. The number of aliphatic carboxylic acids is 1. The number of rotatable bonds is 5. The predicted octanol–water partition coefficient (Wildman–Crippen LogP) is 2.67. The lowest BCUT2D eigenvalue weighted by molar-refractivity contribution is -0.139. The van der Waals surface area contributed by atoms with E-state index in [1.165, 1.54) is 10.4 Å². The fourth-order valence-corrected chi connectivity index (χ4v) is 3.11. The van der Waals surface area contributed by atoms with E-state index in [1.807, 2.05) is 0 Å². The van der Waals surface area contributed by atoms with Gasteiger partial charge in [-0.1, -0.05) is 0 Å². The van der Waals surface area contributed by atoms with Crippen LogP contribution in [-0.4, -0.2) is 28.6 Å².